The fraction of sp³-hybridized carbons (Fsp3) is 0.211. The number of piperazine rings is 1. The minimum Gasteiger partial charge on any atom is -0.412 e. The second kappa shape index (κ2) is 7.14. The summed E-state index contributed by atoms with van der Waals surface area (Å²) in [6.45, 7) is 2.22. The standard InChI is InChI=1S/C19H16F2N4O2/c20-14-3-1-13(2-4-14)17-22-23-18(27-17)19(26)25-11-9-24(10-12-25)16-7-5-15(21)6-8-16/h1-8H,9-12H2. The molecule has 1 fully saturated rings. The van der Waals surface area contributed by atoms with Gasteiger partial charge in [0.05, 0.1) is 0 Å². The molecule has 1 aliphatic heterocycles. The molecule has 0 atom stereocenters. The number of carbonyl (C=O) groups is 1. The number of carbonyl (C=O) groups excluding carboxylic acids is 1. The van der Waals surface area contributed by atoms with E-state index in [1.165, 1.54) is 36.4 Å². The second-order valence-electron chi connectivity index (χ2n) is 6.17. The summed E-state index contributed by atoms with van der Waals surface area (Å²) in [5, 5.41) is 7.69. The molecular weight excluding hydrogens is 354 g/mol. The molecule has 0 saturated carbocycles. The lowest BCUT2D eigenvalue weighted by Crippen LogP contribution is -2.48. The van der Waals surface area contributed by atoms with Gasteiger partial charge in [-0.05, 0) is 48.5 Å². The molecule has 27 heavy (non-hydrogen) atoms. The maximum atomic E-state index is 13.0. The first-order chi connectivity index (χ1) is 13.1. The second-order valence-corrected chi connectivity index (χ2v) is 6.17. The lowest BCUT2D eigenvalue weighted by molar-refractivity contribution is 0.0707. The highest BCUT2D eigenvalue weighted by molar-refractivity contribution is 5.90. The van der Waals surface area contributed by atoms with Gasteiger partial charge in [-0.2, -0.15) is 0 Å². The number of rotatable bonds is 3. The molecule has 0 spiro atoms. The summed E-state index contributed by atoms with van der Waals surface area (Å²) in [5.41, 5.74) is 1.46. The first-order valence-electron chi connectivity index (χ1n) is 8.49. The molecule has 1 aliphatic rings. The van der Waals surface area contributed by atoms with Crippen molar-refractivity contribution >= 4 is 11.6 Å². The van der Waals surface area contributed by atoms with Crippen LogP contribution < -0.4 is 4.90 Å². The van der Waals surface area contributed by atoms with Crippen LogP contribution >= 0.6 is 0 Å². The summed E-state index contributed by atoms with van der Waals surface area (Å²) >= 11 is 0. The molecule has 8 heteroatoms. The maximum absolute atomic E-state index is 13.0. The van der Waals surface area contributed by atoms with E-state index in [0.717, 1.165) is 5.69 Å². The van der Waals surface area contributed by atoms with Gasteiger partial charge in [0.15, 0.2) is 0 Å². The number of halogens is 2. The zero-order valence-corrected chi connectivity index (χ0v) is 14.3. The van der Waals surface area contributed by atoms with E-state index in [-0.39, 0.29) is 29.3 Å². The van der Waals surface area contributed by atoms with E-state index in [0.29, 0.717) is 31.7 Å². The van der Waals surface area contributed by atoms with Crippen molar-refractivity contribution < 1.29 is 18.0 Å². The van der Waals surface area contributed by atoms with Crippen LogP contribution in [0.3, 0.4) is 0 Å². The lowest BCUT2D eigenvalue weighted by Gasteiger charge is -2.35. The van der Waals surface area contributed by atoms with E-state index in [1.54, 1.807) is 17.0 Å². The summed E-state index contributed by atoms with van der Waals surface area (Å²) in [6.07, 6.45) is 0. The van der Waals surface area contributed by atoms with Crippen LogP contribution in [0, 0.1) is 11.6 Å². The van der Waals surface area contributed by atoms with E-state index in [1.807, 2.05) is 0 Å². The van der Waals surface area contributed by atoms with Crippen molar-refractivity contribution in [2.75, 3.05) is 31.1 Å². The molecule has 3 aromatic rings. The van der Waals surface area contributed by atoms with Gasteiger partial charge in [-0.15, -0.1) is 10.2 Å². The topological polar surface area (TPSA) is 62.5 Å². The van der Waals surface area contributed by atoms with Gasteiger partial charge in [-0.25, -0.2) is 8.78 Å². The van der Waals surface area contributed by atoms with Crippen molar-refractivity contribution in [2.45, 2.75) is 0 Å². The van der Waals surface area contributed by atoms with Crippen LogP contribution in [0.25, 0.3) is 11.5 Å². The number of nitrogens with zero attached hydrogens (tertiary/aromatic N) is 4. The average Bonchev–Trinajstić information content (AvgIpc) is 3.19. The monoisotopic (exact) mass is 370 g/mol. The Morgan fingerprint density at radius 2 is 1.44 bits per heavy atom. The lowest BCUT2D eigenvalue weighted by atomic mass is 10.2. The maximum Gasteiger partial charge on any atom is 0.311 e. The van der Waals surface area contributed by atoms with Crippen LogP contribution in [0.4, 0.5) is 14.5 Å². The zero-order valence-electron chi connectivity index (χ0n) is 14.3. The van der Waals surface area contributed by atoms with E-state index in [4.69, 9.17) is 4.42 Å². The molecule has 138 valence electrons. The Hall–Kier alpha value is -3.29. The molecule has 0 aliphatic carbocycles. The van der Waals surface area contributed by atoms with E-state index >= 15 is 0 Å². The molecule has 2 heterocycles. The molecule has 1 saturated heterocycles. The molecule has 0 bridgehead atoms. The largest absolute Gasteiger partial charge is 0.412 e. The Morgan fingerprint density at radius 1 is 0.852 bits per heavy atom. The van der Waals surface area contributed by atoms with Crippen LogP contribution in [0.1, 0.15) is 10.7 Å². The zero-order chi connectivity index (χ0) is 18.8. The van der Waals surface area contributed by atoms with Crippen molar-refractivity contribution in [2.24, 2.45) is 0 Å². The van der Waals surface area contributed by atoms with Crippen molar-refractivity contribution in [3.05, 3.63) is 66.1 Å². The third-order valence-corrected chi connectivity index (χ3v) is 4.46. The predicted octanol–water partition coefficient (Wildman–Crippen LogP) is 2.98. The van der Waals surface area contributed by atoms with Gasteiger partial charge in [-0.3, -0.25) is 4.79 Å². The normalized spacial score (nSPS) is 14.4. The summed E-state index contributed by atoms with van der Waals surface area (Å²) in [4.78, 5) is 16.3. The highest BCUT2D eigenvalue weighted by atomic mass is 19.1. The Bertz CT molecular complexity index is 933. The first-order valence-corrected chi connectivity index (χ1v) is 8.49. The van der Waals surface area contributed by atoms with Gasteiger partial charge in [-0.1, -0.05) is 0 Å². The van der Waals surface area contributed by atoms with Crippen LogP contribution in [0.2, 0.25) is 0 Å². The minimum absolute atomic E-state index is 0.0930. The molecular formula is C19H16F2N4O2. The smallest absolute Gasteiger partial charge is 0.311 e. The van der Waals surface area contributed by atoms with E-state index in [2.05, 4.69) is 15.1 Å². The molecule has 1 amide bonds. The minimum atomic E-state index is -0.367. The number of hydrogen-bond acceptors (Lipinski definition) is 5. The highest BCUT2D eigenvalue weighted by Crippen LogP contribution is 2.20. The van der Waals surface area contributed by atoms with Gasteiger partial charge in [0.25, 0.3) is 0 Å². The third kappa shape index (κ3) is 3.64. The predicted molar refractivity (Wildman–Crippen MR) is 94.2 cm³/mol. The van der Waals surface area contributed by atoms with Gasteiger partial charge < -0.3 is 14.2 Å². The number of amides is 1. The number of benzene rings is 2. The van der Waals surface area contributed by atoms with Crippen LogP contribution in [0.5, 0.6) is 0 Å². The van der Waals surface area contributed by atoms with Crippen molar-refractivity contribution in [3.8, 4) is 11.5 Å². The molecule has 0 unspecified atom stereocenters. The van der Waals surface area contributed by atoms with Gasteiger partial charge >= 0.3 is 11.8 Å². The molecule has 0 radical (unpaired) electrons. The Balaban J connectivity index is 1.41. The van der Waals surface area contributed by atoms with Crippen molar-refractivity contribution in [1.29, 1.82) is 0 Å². The Morgan fingerprint density at radius 3 is 2.07 bits per heavy atom. The fourth-order valence-electron chi connectivity index (χ4n) is 2.97. The van der Waals surface area contributed by atoms with Crippen molar-refractivity contribution in [3.63, 3.8) is 0 Å². The number of hydrogen-bond donors (Lipinski definition) is 0. The summed E-state index contributed by atoms with van der Waals surface area (Å²) in [6, 6.07) is 11.9. The fourth-order valence-corrected chi connectivity index (χ4v) is 2.97. The molecule has 6 nitrogen and oxygen atoms in total. The summed E-state index contributed by atoms with van der Waals surface area (Å²) in [7, 11) is 0. The first kappa shape index (κ1) is 17.1. The third-order valence-electron chi connectivity index (χ3n) is 4.46. The SMILES string of the molecule is O=C(c1nnc(-c2ccc(F)cc2)o1)N1CCN(c2ccc(F)cc2)CC1. The van der Waals surface area contributed by atoms with Crippen LogP contribution in [-0.4, -0.2) is 47.2 Å². The van der Waals surface area contributed by atoms with Crippen LogP contribution in [0.15, 0.2) is 52.9 Å². The summed E-state index contributed by atoms with van der Waals surface area (Å²) < 4.78 is 31.5. The van der Waals surface area contributed by atoms with Gasteiger partial charge in [0.2, 0.25) is 5.89 Å². The van der Waals surface area contributed by atoms with Crippen LogP contribution in [-0.2, 0) is 0 Å². The molecule has 2 aromatic carbocycles. The average molecular weight is 370 g/mol. The molecule has 1 aromatic heterocycles. The quantitative estimate of drug-likeness (QED) is 0.709. The summed E-state index contributed by atoms with van der Waals surface area (Å²) in [5.74, 6) is -0.906. The van der Waals surface area contributed by atoms with Crippen molar-refractivity contribution in [1.82, 2.24) is 15.1 Å². The molecule has 0 N–H and O–H groups in total. The highest BCUT2D eigenvalue weighted by Gasteiger charge is 2.26. The number of anilines is 1. The number of aromatic nitrogens is 2. The van der Waals surface area contributed by atoms with E-state index < -0.39 is 0 Å². The Labute approximate surface area is 154 Å². The molecule has 4 rings (SSSR count). The van der Waals surface area contributed by atoms with Gasteiger partial charge in [0, 0.05) is 37.4 Å². The Kier molecular flexibility index (Phi) is 4.53. The van der Waals surface area contributed by atoms with E-state index in [9.17, 15) is 13.6 Å². The van der Waals surface area contributed by atoms with Gasteiger partial charge in [0.1, 0.15) is 11.6 Å².